The molecule has 3 nitrogen and oxygen atoms in total. The highest BCUT2D eigenvalue weighted by Crippen LogP contribution is 2.36. The van der Waals surface area contributed by atoms with Gasteiger partial charge in [0.1, 0.15) is 11.4 Å². The predicted molar refractivity (Wildman–Crippen MR) is 60.9 cm³/mol. The van der Waals surface area contributed by atoms with E-state index in [9.17, 15) is 4.79 Å². The molecule has 0 unspecified atom stereocenters. The average Bonchev–Trinajstić information content (AvgIpc) is 2.19. The first kappa shape index (κ1) is 10.7. The quantitative estimate of drug-likeness (QED) is 0.538. The summed E-state index contributed by atoms with van der Waals surface area (Å²) in [6.07, 6.45) is 0.841. The fourth-order valence-corrected chi connectivity index (χ4v) is 1.87. The molecule has 1 heterocycles. The predicted octanol–water partition coefficient (Wildman–Crippen LogP) is 2.79. The Bertz CT molecular complexity index is 484. The molecule has 0 aromatic heterocycles. The molecule has 0 saturated heterocycles. The van der Waals surface area contributed by atoms with Crippen molar-refractivity contribution in [2.75, 3.05) is 0 Å². The van der Waals surface area contributed by atoms with Crippen molar-refractivity contribution in [1.82, 2.24) is 0 Å². The number of rotatable bonds is 0. The van der Waals surface area contributed by atoms with E-state index in [-0.39, 0.29) is 11.4 Å². The maximum Gasteiger partial charge on any atom is 0.199 e. The molecular formula is C13H14O3. The molecule has 16 heavy (non-hydrogen) atoms. The molecule has 3 heteroatoms. The van der Waals surface area contributed by atoms with Crippen LogP contribution in [0.4, 0.5) is 0 Å². The van der Waals surface area contributed by atoms with E-state index in [1.54, 1.807) is 26.0 Å². The van der Waals surface area contributed by atoms with E-state index in [1.165, 1.54) is 0 Å². The molecular weight excluding hydrogens is 204 g/mol. The second-order valence-electron chi connectivity index (χ2n) is 4.48. The Morgan fingerprint density at radius 1 is 1.38 bits per heavy atom. The minimum atomic E-state index is -0.784. The van der Waals surface area contributed by atoms with Gasteiger partial charge in [-0.3, -0.25) is 4.79 Å². The standard InChI is InChI=1S/C13H14O3/c1-8-4-5-11-9(6-8)12(15)10(7-14)13(2,3)16-11/h4-7,14H,1-3H3/b10-7-. The summed E-state index contributed by atoms with van der Waals surface area (Å²) in [6.45, 7) is 5.43. The maximum atomic E-state index is 12.1. The third-order valence-corrected chi connectivity index (χ3v) is 2.77. The first-order chi connectivity index (χ1) is 7.45. The second-order valence-corrected chi connectivity index (χ2v) is 4.48. The van der Waals surface area contributed by atoms with Gasteiger partial charge in [0, 0.05) is 0 Å². The lowest BCUT2D eigenvalue weighted by Gasteiger charge is -2.33. The number of carbonyl (C=O) groups is 1. The number of aryl methyl sites for hydroxylation is 1. The molecule has 2 rings (SSSR count). The fourth-order valence-electron chi connectivity index (χ4n) is 1.87. The molecule has 0 radical (unpaired) electrons. The zero-order valence-corrected chi connectivity index (χ0v) is 9.57. The third kappa shape index (κ3) is 1.48. The number of aliphatic hydroxyl groups excluding tert-OH is 1. The SMILES string of the molecule is Cc1ccc2c(c1)C(=O)/C(=C/O)C(C)(C)O2. The van der Waals surface area contributed by atoms with Crippen LogP contribution in [0.1, 0.15) is 29.8 Å². The first-order valence-corrected chi connectivity index (χ1v) is 5.15. The minimum absolute atomic E-state index is 0.169. The van der Waals surface area contributed by atoms with Gasteiger partial charge in [-0.15, -0.1) is 0 Å². The van der Waals surface area contributed by atoms with Gasteiger partial charge in [-0.1, -0.05) is 11.6 Å². The third-order valence-electron chi connectivity index (χ3n) is 2.77. The summed E-state index contributed by atoms with van der Waals surface area (Å²) in [5.74, 6) is 0.406. The molecule has 0 aliphatic carbocycles. The number of aliphatic hydroxyl groups is 1. The molecule has 1 aromatic carbocycles. The van der Waals surface area contributed by atoms with Crippen LogP contribution < -0.4 is 4.74 Å². The number of Topliss-reactive ketones (excluding diaryl/α,β-unsaturated/α-hetero) is 1. The van der Waals surface area contributed by atoms with Crippen molar-refractivity contribution in [3.05, 3.63) is 41.2 Å². The topological polar surface area (TPSA) is 46.5 Å². The molecule has 0 saturated carbocycles. The van der Waals surface area contributed by atoms with Crippen molar-refractivity contribution in [2.24, 2.45) is 0 Å². The Kier molecular flexibility index (Phi) is 2.26. The van der Waals surface area contributed by atoms with Crippen molar-refractivity contribution in [3.63, 3.8) is 0 Å². The second kappa shape index (κ2) is 3.37. The van der Waals surface area contributed by atoms with E-state index in [4.69, 9.17) is 9.84 Å². The van der Waals surface area contributed by atoms with Crippen LogP contribution in [0.5, 0.6) is 5.75 Å². The molecule has 0 bridgehead atoms. The van der Waals surface area contributed by atoms with Crippen LogP contribution >= 0.6 is 0 Å². The Hall–Kier alpha value is -1.77. The van der Waals surface area contributed by atoms with Gasteiger partial charge < -0.3 is 9.84 Å². The van der Waals surface area contributed by atoms with Gasteiger partial charge in [-0.05, 0) is 32.9 Å². The van der Waals surface area contributed by atoms with Crippen molar-refractivity contribution in [1.29, 1.82) is 0 Å². The average molecular weight is 218 g/mol. The minimum Gasteiger partial charge on any atom is -0.515 e. The first-order valence-electron chi connectivity index (χ1n) is 5.15. The summed E-state index contributed by atoms with van der Waals surface area (Å²) < 4.78 is 5.70. The number of hydrogen-bond acceptors (Lipinski definition) is 3. The lowest BCUT2D eigenvalue weighted by atomic mass is 9.87. The molecule has 1 aromatic rings. The van der Waals surface area contributed by atoms with Crippen molar-refractivity contribution >= 4 is 5.78 Å². The van der Waals surface area contributed by atoms with Crippen LogP contribution in [0.15, 0.2) is 30.0 Å². The van der Waals surface area contributed by atoms with E-state index < -0.39 is 5.60 Å². The van der Waals surface area contributed by atoms with Crippen LogP contribution in [0.3, 0.4) is 0 Å². The molecule has 1 aliphatic rings. The Morgan fingerprint density at radius 3 is 2.69 bits per heavy atom. The van der Waals surface area contributed by atoms with Crippen LogP contribution in [0.25, 0.3) is 0 Å². The summed E-state index contributed by atoms with van der Waals surface area (Å²) in [5.41, 5.74) is 1.01. The van der Waals surface area contributed by atoms with Crippen molar-refractivity contribution < 1.29 is 14.6 Å². The zero-order chi connectivity index (χ0) is 11.9. The number of fused-ring (bicyclic) bond motifs is 1. The fraction of sp³-hybridized carbons (Fsp3) is 0.308. The summed E-state index contributed by atoms with van der Waals surface area (Å²) in [6, 6.07) is 5.46. The van der Waals surface area contributed by atoms with Crippen LogP contribution in [-0.2, 0) is 0 Å². The molecule has 1 N–H and O–H groups in total. The van der Waals surface area contributed by atoms with Gasteiger partial charge >= 0.3 is 0 Å². The highest BCUT2D eigenvalue weighted by Gasteiger charge is 2.38. The van der Waals surface area contributed by atoms with Crippen LogP contribution in [0.2, 0.25) is 0 Å². The Morgan fingerprint density at radius 2 is 2.06 bits per heavy atom. The van der Waals surface area contributed by atoms with Gasteiger partial charge in [0.15, 0.2) is 5.78 Å². The van der Waals surface area contributed by atoms with Crippen molar-refractivity contribution in [2.45, 2.75) is 26.4 Å². The molecule has 0 amide bonds. The van der Waals surface area contributed by atoms with Crippen LogP contribution in [0, 0.1) is 6.92 Å². The normalized spacial score (nSPS) is 20.4. The Labute approximate surface area is 94.4 Å². The summed E-state index contributed by atoms with van der Waals surface area (Å²) in [5, 5.41) is 9.13. The number of carbonyl (C=O) groups excluding carboxylic acids is 1. The highest BCUT2D eigenvalue weighted by molar-refractivity contribution is 6.12. The number of hydrogen-bond donors (Lipinski definition) is 1. The van der Waals surface area contributed by atoms with Crippen molar-refractivity contribution in [3.8, 4) is 5.75 Å². The molecule has 1 aliphatic heterocycles. The summed E-state index contributed by atoms with van der Waals surface area (Å²) in [4.78, 5) is 12.1. The van der Waals surface area contributed by atoms with Gasteiger partial charge in [-0.2, -0.15) is 0 Å². The number of ether oxygens (including phenoxy) is 1. The lowest BCUT2D eigenvalue weighted by molar-refractivity contribution is 0.0843. The van der Waals surface area contributed by atoms with E-state index in [1.807, 2.05) is 13.0 Å². The van der Waals surface area contributed by atoms with E-state index in [0.717, 1.165) is 11.8 Å². The Balaban J connectivity index is 2.62. The van der Waals surface area contributed by atoms with Gasteiger partial charge in [0.25, 0.3) is 0 Å². The van der Waals surface area contributed by atoms with Gasteiger partial charge in [0.05, 0.1) is 17.4 Å². The molecule has 0 spiro atoms. The smallest absolute Gasteiger partial charge is 0.199 e. The molecule has 84 valence electrons. The highest BCUT2D eigenvalue weighted by atomic mass is 16.5. The van der Waals surface area contributed by atoms with E-state index >= 15 is 0 Å². The largest absolute Gasteiger partial charge is 0.515 e. The summed E-state index contributed by atoms with van der Waals surface area (Å²) >= 11 is 0. The number of benzene rings is 1. The van der Waals surface area contributed by atoms with E-state index in [0.29, 0.717) is 11.3 Å². The monoisotopic (exact) mass is 218 g/mol. The van der Waals surface area contributed by atoms with Gasteiger partial charge in [0.2, 0.25) is 0 Å². The number of ketones is 1. The molecule has 0 atom stereocenters. The maximum absolute atomic E-state index is 12.1. The van der Waals surface area contributed by atoms with Crippen LogP contribution in [-0.4, -0.2) is 16.5 Å². The van der Waals surface area contributed by atoms with Gasteiger partial charge in [-0.25, -0.2) is 0 Å². The van der Waals surface area contributed by atoms with E-state index in [2.05, 4.69) is 0 Å². The lowest BCUT2D eigenvalue weighted by Crippen LogP contribution is -2.39. The molecule has 0 fully saturated rings. The summed E-state index contributed by atoms with van der Waals surface area (Å²) in [7, 11) is 0. The zero-order valence-electron chi connectivity index (χ0n) is 9.57.